The van der Waals surface area contributed by atoms with E-state index < -0.39 is 5.60 Å². The maximum atomic E-state index is 12.4. The Morgan fingerprint density at radius 1 is 1.05 bits per heavy atom. The number of carbonyl (C=O) groups is 1. The number of hydrogen-bond acceptors (Lipinski definition) is 6. The van der Waals surface area contributed by atoms with E-state index in [9.17, 15) is 4.79 Å². The first kappa shape index (κ1) is 25.5. The second kappa shape index (κ2) is 10.1. The Hall–Kier alpha value is -3.78. The van der Waals surface area contributed by atoms with Gasteiger partial charge in [0.1, 0.15) is 5.60 Å². The molecule has 7 nitrogen and oxygen atoms in total. The van der Waals surface area contributed by atoms with Crippen LogP contribution in [0.15, 0.2) is 77.3 Å². The summed E-state index contributed by atoms with van der Waals surface area (Å²) in [6.07, 6.45) is 5.40. The number of pyridine rings is 1. The summed E-state index contributed by atoms with van der Waals surface area (Å²) in [4.78, 5) is 21.4. The molecule has 0 radical (unpaired) electrons. The molecule has 4 heterocycles. The molecule has 2 aliphatic rings. The third-order valence-electron chi connectivity index (χ3n) is 7.23. The molecule has 200 valence electrons. The third kappa shape index (κ3) is 5.39. The molecule has 39 heavy (non-hydrogen) atoms. The number of ether oxygens (including phenoxy) is 1. The highest BCUT2D eigenvalue weighted by Gasteiger charge is 2.27. The summed E-state index contributed by atoms with van der Waals surface area (Å²) < 4.78 is 7.52. The van der Waals surface area contributed by atoms with Crippen molar-refractivity contribution in [2.45, 2.75) is 55.5 Å². The number of amides is 1. The third-order valence-corrected chi connectivity index (χ3v) is 8.38. The Labute approximate surface area is 233 Å². The van der Waals surface area contributed by atoms with E-state index in [0.29, 0.717) is 19.0 Å². The average Bonchev–Trinajstić information content (AvgIpc) is 3.32. The molecule has 1 amide bonds. The van der Waals surface area contributed by atoms with Crippen LogP contribution < -0.4 is 5.32 Å². The highest BCUT2D eigenvalue weighted by molar-refractivity contribution is 7.99. The van der Waals surface area contributed by atoms with Crippen molar-refractivity contribution in [3.05, 3.63) is 78.6 Å². The van der Waals surface area contributed by atoms with Crippen molar-refractivity contribution in [3.63, 3.8) is 0 Å². The number of fused-ring (bicyclic) bond motifs is 3. The van der Waals surface area contributed by atoms with Crippen molar-refractivity contribution in [2.75, 3.05) is 18.4 Å². The van der Waals surface area contributed by atoms with Gasteiger partial charge in [-0.05, 0) is 81.0 Å². The quantitative estimate of drug-likeness (QED) is 0.257. The Bertz CT molecular complexity index is 1560. The molecule has 6 rings (SSSR count). The van der Waals surface area contributed by atoms with E-state index in [0.717, 1.165) is 58.5 Å². The number of carbonyl (C=O) groups excluding carboxylic acids is 1. The van der Waals surface area contributed by atoms with Crippen molar-refractivity contribution in [2.24, 2.45) is 5.92 Å². The largest absolute Gasteiger partial charge is 0.444 e. The molecule has 0 atom stereocenters. The van der Waals surface area contributed by atoms with Crippen molar-refractivity contribution in [3.8, 4) is 0 Å². The monoisotopic (exact) mass is 539 g/mol. The predicted octanol–water partition coefficient (Wildman–Crippen LogP) is 7.35. The maximum absolute atomic E-state index is 12.4. The SMILES string of the molecule is C=C(c1ccc2c(c1)Nc1ccccc1S2)c1cnc2c(cnn2CC2CCN(C(=O)OC(C)(C)C)CC2)c1. The minimum atomic E-state index is -0.472. The molecule has 0 unspecified atom stereocenters. The smallest absolute Gasteiger partial charge is 0.410 e. The second-order valence-electron chi connectivity index (χ2n) is 11.3. The Kier molecular flexibility index (Phi) is 6.59. The highest BCUT2D eigenvalue weighted by Crippen LogP contribution is 2.45. The summed E-state index contributed by atoms with van der Waals surface area (Å²) in [5.74, 6) is 0.439. The van der Waals surface area contributed by atoms with E-state index in [1.54, 1.807) is 11.8 Å². The molecule has 2 aliphatic heterocycles. The van der Waals surface area contributed by atoms with Crippen LogP contribution >= 0.6 is 11.8 Å². The van der Waals surface area contributed by atoms with Gasteiger partial charge in [0, 0.05) is 46.6 Å². The number of nitrogens with zero attached hydrogens (tertiary/aromatic N) is 4. The minimum Gasteiger partial charge on any atom is -0.444 e. The zero-order valence-electron chi connectivity index (χ0n) is 22.6. The van der Waals surface area contributed by atoms with E-state index in [1.807, 2.05) is 48.8 Å². The summed E-state index contributed by atoms with van der Waals surface area (Å²) in [6.45, 7) is 12.3. The minimum absolute atomic E-state index is 0.224. The lowest BCUT2D eigenvalue weighted by atomic mass is 9.97. The average molecular weight is 540 g/mol. The fourth-order valence-electron chi connectivity index (χ4n) is 5.13. The first-order valence-electron chi connectivity index (χ1n) is 13.4. The summed E-state index contributed by atoms with van der Waals surface area (Å²) in [6, 6.07) is 16.9. The van der Waals surface area contributed by atoms with Gasteiger partial charge in [0.15, 0.2) is 5.65 Å². The fourth-order valence-corrected chi connectivity index (χ4v) is 6.10. The maximum Gasteiger partial charge on any atom is 0.410 e. The van der Waals surface area contributed by atoms with Gasteiger partial charge in [-0.1, -0.05) is 36.5 Å². The summed E-state index contributed by atoms with van der Waals surface area (Å²) in [5, 5.41) is 9.21. The van der Waals surface area contributed by atoms with Gasteiger partial charge < -0.3 is 15.0 Å². The lowest BCUT2D eigenvalue weighted by Gasteiger charge is -2.33. The Morgan fingerprint density at radius 2 is 1.82 bits per heavy atom. The first-order chi connectivity index (χ1) is 18.7. The second-order valence-corrected chi connectivity index (χ2v) is 12.4. The highest BCUT2D eigenvalue weighted by atomic mass is 32.2. The van der Waals surface area contributed by atoms with Crippen LogP contribution in [0.1, 0.15) is 44.7 Å². The number of likely N-dealkylation sites (tertiary alicyclic amines) is 1. The van der Waals surface area contributed by atoms with E-state index >= 15 is 0 Å². The summed E-state index contributed by atoms with van der Waals surface area (Å²) >= 11 is 1.78. The zero-order chi connectivity index (χ0) is 27.1. The number of nitrogens with one attached hydrogen (secondary N) is 1. The van der Waals surface area contributed by atoms with Crippen LogP contribution in [0.5, 0.6) is 0 Å². The number of hydrogen-bond donors (Lipinski definition) is 1. The number of rotatable bonds is 4. The molecule has 8 heteroatoms. The number of benzene rings is 2. The normalized spacial score (nSPS) is 15.4. The molecule has 0 saturated carbocycles. The topological polar surface area (TPSA) is 72.3 Å². The molecule has 2 aromatic carbocycles. The van der Waals surface area contributed by atoms with Crippen LogP contribution in [0.4, 0.5) is 16.2 Å². The molecule has 1 fully saturated rings. The fraction of sp³-hybridized carbons (Fsp3) is 0.323. The van der Waals surface area contributed by atoms with Crippen LogP contribution in [0, 0.1) is 5.92 Å². The van der Waals surface area contributed by atoms with Crippen molar-refractivity contribution >= 4 is 45.8 Å². The Morgan fingerprint density at radius 3 is 2.62 bits per heavy atom. The van der Waals surface area contributed by atoms with Gasteiger partial charge in [-0.15, -0.1) is 0 Å². The summed E-state index contributed by atoms with van der Waals surface area (Å²) in [5.41, 5.74) is 5.60. The lowest BCUT2D eigenvalue weighted by Crippen LogP contribution is -2.42. The van der Waals surface area contributed by atoms with Crippen LogP contribution in [0.25, 0.3) is 16.6 Å². The molecule has 1 N–H and O–H groups in total. The predicted molar refractivity (Wildman–Crippen MR) is 156 cm³/mol. The van der Waals surface area contributed by atoms with Gasteiger partial charge in [0.2, 0.25) is 0 Å². The molecular weight excluding hydrogens is 506 g/mol. The first-order valence-corrected chi connectivity index (χ1v) is 14.2. The molecule has 4 aromatic rings. The Balaban J connectivity index is 1.12. The molecular formula is C31H33N5O2S. The van der Waals surface area contributed by atoms with Gasteiger partial charge in [-0.3, -0.25) is 0 Å². The number of aromatic nitrogens is 3. The van der Waals surface area contributed by atoms with E-state index in [1.165, 1.54) is 9.79 Å². The lowest BCUT2D eigenvalue weighted by molar-refractivity contribution is 0.0177. The number of para-hydroxylation sites is 1. The standard InChI is InChI=1S/C31H33N5O2S/c1-20(22-9-10-28-26(16-22)34-25-7-5-6-8-27(25)39-28)23-15-24-18-33-36(29(24)32-17-23)19-21-11-13-35(14-12-21)30(37)38-31(2,3)4/h5-10,15-18,21,34H,1,11-14,19H2,2-4H3. The van der Waals surface area contributed by atoms with Gasteiger partial charge in [-0.25, -0.2) is 14.5 Å². The van der Waals surface area contributed by atoms with E-state index in [-0.39, 0.29) is 6.09 Å². The molecule has 0 bridgehead atoms. The van der Waals surface area contributed by atoms with Crippen LogP contribution in [0.2, 0.25) is 0 Å². The number of piperidine rings is 1. The van der Waals surface area contributed by atoms with Crippen molar-refractivity contribution in [1.29, 1.82) is 0 Å². The van der Waals surface area contributed by atoms with Crippen LogP contribution in [0.3, 0.4) is 0 Å². The summed E-state index contributed by atoms with van der Waals surface area (Å²) in [7, 11) is 0. The van der Waals surface area contributed by atoms with E-state index in [4.69, 9.17) is 9.72 Å². The molecule has 0 spiro atoms. The van der Waals surface area contributed by atoms with E-state index in [2.05, 4.69) is 59.5 Å². The van der Waals surface area contributed by atoms with Gasteiger partial charge in [0.05, 0.1) is 17.6 Å². The van der Waals surface area contributed by atoms with Gasteiger partial charge in [-0.2, -0.15) is 5.10 Å². The molecule has 0 aliphatic carbocycles. The van der Waals surface area contributed by atoms with Gasteiger partial charge >= 0.3 is 6.09 Å². The zero-order valence-corrected chi connectivity index (χ0v) is 23.4. The molecule has 2 aromatic heterocycles. The molecule has 1 saturated heterocycles. The van der Waals surface area contributed by atoms with Crippen molar-refractivity contribution < 1.29 is 9.53 Å². The van der Waals surface area contributed by atoms with Crippen molar-refractivity contribution in [1.82, 2.24) is 19.7 Å². The van der Waals surface area contributed by atoms with Crippen LogP contribution in [-0.4, -0.2) is 44.4 Å². The van der Waals surface area contributed by atoms with Crippen LogP contribution in [-0.2, 0) is 11.3 Å². The number of anilines is 2. The van der Waals surface area contributed by atoms with Gasteiger partial charge in [0.25, 0.3) is 0 Å².